The highest BCUT2D eigenvalue weighted by Crippen LogP contribution is 2.26. The lowest BCUT2D eigenvalue weighted by Gasteiger charge is -2.07. The molecule has 0 aliphatic rings. The van der Waals surface area contributed by atoms with Crippen LogP contribution < -0.4 is 10.5 Å². The number of nitrogen functional groups attached to an aromatic ring is 1. The van der Waals surface area contributed by atoms with E-state index >= 15 is 0 Å². The molecule has 0 atom stereocenters. The fourth-order valence-electron chi connectivity index (χ4n) is 2.05. The van der Waals surface area contributed by atoms with Crippen LogP contribution >= 0.6 is 0 Å². The van der Waals surface area contributed by atoms with Crippen molar-refractivity contribution in [2.45, 2.75) is 4.90 Å². The average molecular weight is 287 g/mol. The minimum atomic E-state index is -3.65. The molecule has 0 radical (unpaired) electrons. The number of hydrogen-bond donors (Lipinski definition) is 3. The maximum atomic E-state index is 12.4. The first-order chi connectivity index (χ1) is 9.56. The second-order valence-electron chi connectivity index (χ2n) is 4.43. The molecule has 5 nitrogen and oxygen atoms in total. The molecule has 4 N–H and O–H groups in total. The lowest BCUT2D eigenvalue weighted by atomic mass is 10.2. The molecule has 0 aliphatic carbocycles. The summed E-state index contributed by atoms with van der Waals surface area (Å²) in [5.74, 6) is 0. The molecule has 0 spiro atoms. The van der Waals surface area contributed by atoms with Crippen molar-refractivity contribution in [1.29, 1.82) is 0 Å². The van der Waals surface area contributed by atoms with Crippen LogP contribution in [0, 0.1) is 0 Å². The summed E-state index contributed by atoms with van der Waals surface area (Å²) >= 11 is 0. The molecule has 0 unspecified atom stereocenters. The van der Waals surface area contributed by atoms with Gasteiger partial charge in [-0.15, -0.1) is 0 Å². The third-order valence-electron chi connectivity index (χ3n) is 2.98. The highest BCUT2D eigenvalue weighted by Gasteiger charge is 2.19. The SMILES string of the molecule is Nc1ccc2[nH]cc(S(=O)(=O)Nc3ccccc3)c2c1. The molecule has 0 amide bonds. The van der Waals surface area contributed by atoms with Crippen molar-refractivity contribution in [3.05, 3.63) is 54.7 Å². The van der Waals surface area contributed by atoms with Gasteiger partial charge in [0, 0.05) is 28.5 Å². The van der Waals surface area contributed by atoms with Gasteiger partial charge in [0.1, 0.15) is 4.90 Å². The van der Waals surface area contributed by atoms with E-state index in [1.54, 1.807) is 42.5 Å². The molecule has 0 saturated carbocycles. The lowest BCUT2D eigenvalue weighted by Crippen LogP contribution is -2.12. The van der Waals surface area contributed by atoms with Crippen LogP contribution in [0.3, 0.4) is 0 Å². The number of para-hydroxylation sites is 1. The molecule has 0 aliphatic heterocycles. The Kier molecular flexibility index (Phi) is 2.87. The van der Waals surface area contributed by atoms with Crippen LogP contribution in [0.4, 0.5) is 11.4 Å². The summed E-state index contributed by atoms with van der Waals surface area (Å²) in [7, 11) is -3.65. The number of aromatic amines is 1. The first-order valence-corrected chi connectivity index (χ1v) is 7.49. The Morgan fingerprint density at radius 1 is 1.05 bits per heavy atom. The monoisotopic (exact) mass is 287 g/mol. The van der Waals surface area contributed by atoms with E-state index in [-0.39, 0.29) is 4.90 Å². The topological polar surface area (TPSA) is 88.0 Å². The van der Waals surface area contributed by atoms with Gasteiger partial charge in [-0.05, 0) is 30.3 Å². The van der Waals surface area contributed by atoms with E-state index < -0.39 is 10.0 Å². The van der Waals surface area contributed by atoms with Crippen LogP contribution in [0.1, 0.15) is 0 Å². The molecule has 2 aromatic carbocycles. The van der Waals surface area contributed by atoms with Gasteiger partial charge in [0.15, 0.2) is 0 Å². The summed E-state index contributed by atoms with van der Waals surface area (Å²) in [6.45, 7) is 0. The summed E-state index contributed by atoms with van der Waals surface area (Å²) in [6.07, 6.45) is 1.47. The molecule has 6 heteroatoms. The third kappa shape index (κ3) is 2.21. The Morgan fingerprint density at radius 3 is 2.55 bits per heavy atom. The van der Waals surface area contributed by atoms with Gasteiger partial charge in [0.05, 0.1) is 0 Å². The van der Waals surface area contributed by atoms with Gasteiger partial charge in [-0.2, -0.15) is 0 Å². The van der Waals surface area contributed by atoms with Crippen LogP contribution in [0.2, 0.25) is 0 Å². The van der Waals surface area contributed by atoms with Crippen molar-refractivity contribution >= 4 is 32.3 Å². The number of sulfonamides is 1. The second kappa shape index (κ2) is 4.57. The fourth-order valence-corrected chi connectivity index (χ4v) is 3.28. The third-order valence-corrected chi connectivity index (χ3v) is 4.40. The van der Waals surface area contributed by atoms with Crippen LogP contribution in [0.15, 0.2) is 59.6 Å². The van der Waals surface area contributed by atoms with Gasteiger partial charge in [-0.1, -0.05) is 18.2 Å². The number of aromatic nitrogens is 1. The number of benzene rings is 2. The van der Waals surface area contributed by atoms with Crippen LogP contribution in [-0.4, -0.2) is 13.4 Å². The largest absolute Gasteiger partial charge is 0.399 e. The van der Waals surface area contributed by atoms with Crippen molar-refractivity contribution in [1.82, 2.24) is 4.98 Å². The van der Waals surface area contributed by atoms with E-state index in [0.29, 0.717) is 16.8 Å². The summed E-state index contributed by atoms with van der Waals surface area (Å²) in [6, 6.07) is 13.9. The molecular weight excluding hydrogens is 274 g/mol. The lowest BCUT2D eigenvalue weighted by molar-refractivity contribution is 0.602. The summed E-state index contributed by atoms with van der Waals surface area (Å²) in [5.41, 5.74) is 7.49. The van der Waals surface area contributed by atoms with E-state index in [2.05, 4.69) is 9.71 Å². The van der Waals surface area contributed by atoms with Gasteiger partial charge >= 0.3 is 0 Å². The molecule has 102 valence electrons. The molecule has 0 saturated heterocycles. The van der Waals surface area contributed by atoms with Crippen molar-refractivity contribution in [3.63, 3.8) is 0 Å². The molecular formula is C14H13N3O2S. The van der Waals surface area contributed by atoms with E-state index in [0.717, 1.165) is 5.52 Å². The maximum Gasteiger partial charge on any atom is 0.264 e. The number of anilines is 2. The molecule has 0 fully saturated rings. The molecule has 0 bridgehead atoms. The van der Waals surface area contributed by atoms with E-state index in [1.165, 1.54) is 6.20 Å². The molecule has 20 heavy (non-hydrogen) atoms. The van der Waals surface area contributed by atoms with Crippen molar-refractivity contribution < 1.29 is 8.42 Å². The Labute approximate surface area is 116 Å². The van der Waals surface area contributed by atoms with Crippen LogP contribution in [-0.2, 0) is 10.0 Å². The number of H-pyrrole nitrogens is 1. The first-order valence-electron chi connectivity index (χ1n) is 6.01. The van der Waals surface area contributed by atoms with Crippen LogP contribution in [0.5, 0.6) is 0 Å². The van der Waals surface area contributed by atoms with Gasteiger partial charge in [-0.25, -0.2) is 8.42 Å². The first kappa shape index (κ1) is 12.6. The normalized spacial score (nSPS) is 11.6. The summed E-state index contributed by atoms with van der Waals surface area (Å²) in [5, 5.41) is 0.577. The zero-order valence-corrected chi connectivity index (χ0v) is 11.3. The van der Waals surface area contributed by atoms with Gasteiger partial charge < -0.3 is 10.7 Å². The highest BCUT2D eigenvalue weighted by atomic mass is 32.2. The maximum absolute atomic E-state index is 12.4. The second-order valence-corrected chi connectivity index (χ2v) is 6.08. The average Bonchev–Trinajstić information content (AvgIpc) is 2.83. The molecule has 1 heterocycles. The van der Waals surface area contributed by atoms with E-state index in [9.17, 15) is 8.42 Å². The smallest absolute Gasteiger partial charge is 0.264 e. The zero-order chi connectivity index (χ0) is 14.2. The van der Waals surface area contributed by atoms with Gasteiger partial charge in [0.25, 0.3) is 10.0 Å². The predicted molar refractivity (Wildman–Crippen MR) is 80.0 cm³/mol. The number of rotatable bonds is 3. The number of nitrogens with one attached hydrogen (secondary N) is 2. The number of fused-ring (bicyclic) bond motifs is 1. The Morgan fingerprint density at radius 2 is 1.80 bits per heavy atom. The standard InChI is InChI=1S/C14H13N3O2S/c15-10-6-7-13-12(8-10)14(9-16-13)20(18,19)17-11-4-2-1-3-5-11/h1-9,16-17H,15H2. The fraction of sp³-hybridized carbons (Fsp3) is 0. The summed E-state index contributed by atoms with van der Waals surface area (Å²) < 4.78 is 27.4. The Bertz CT molecular complexity index is 855. The van der Waals surface area contributed by atoms with Gasteiger partial charge in [-0.3, -0.25) is 4.72 Å². The predicted octanol–water partition coefficient (Wildman–Crippen LogP) is 2.55. The molecule has 1 aromatic heterocycles. The summed E-state index contributed by atoms with van der Waals surface area (Å²) in [4.78, 5) is 3.12. The Balaban J connectivity index is 2.08. The number of nitrogens with two attached hydrogens (primary N) is 1. The Hall–Kier alpha value is -2.47. The molecule has 3 rings (SSSR count). The highest BCUT2D eigenvalue weighted by molar-refractivity contribution is 7.93. The van der Waals surface area contributed by atoms with E-state index in [1.807, 2.05) is 6.07 Å². The van der Waals surface area contributed by atoms with Crippen molar-refractivity contribution in [3.8, 4) is 0 Å². The number of hydrogen-bond acceptors (Lipinski definition) is 3. The van der Waals surface area contributed by atoms with Gasteiger partial charge in [0.2, 0.25) is 0 Å². The molecule has 3 aromatic rings. The van der Waals surface area contributed by atoms with E-state index in [4.69, 9.17) is 5.73 Å². The van der Waals surface area contributed by atoms with Crippen molar-refractivity contribution in [2.75, 3.05) is 10.5 Å². The minimum absolute atomic E-state index is 0.184. The van der Waals surface area contributed by atoms with Crippen molar-refractivity contribution in [2.24, 2.45) is 0 Å². The minimum Gasteiger partial charge on any atom is -0.399 e. The quantitative estimate of drug-likeness (QED) is 0.647. The zero-order valence-electron chi connectivity index (χ0n) is 10.5. The van der Waals surface area contributed by atoms with Crippen LogP contribution in [0.25, 0.3) is 10.9 Å².